The van der Waals surface area contributed by atoms with Crippen LogP contribution in [0, 0.1) is 5.92 Å². The Kier molecular flexibility index (Phi) is 4.45. The smallest absolute Gasteiger partial charge is 0.227 e. The highest BCUT2D eigenvalue weighted by atomic mass is 16.5. The molecule has 1 rings (SSSR count). The van der Waals surface area contributed by atoms with Crippen molar-refractivity contribution in [2.75, 3.05) is 18.2 Å². The van der Waals surface area contributed by atoms with Crippen molar-refractivity contribution in [3.8, 4) is 5.75 Å². The highest BCUT2D eigenvalue weighted by Crippen LogP contribution is 2.37. The molecule has 1 aromatic rings. The summed E-state index contributed by atoms with van der Waals surface area (Å²) in [7, 11) is 1.55. The van der Waals surface area contributed by atoms with Gasteiger partial charge in [-0.15, -0.1) is 0 Å². The molecule has 0 fully saturated rings. The zero-order chi connectivity index (χ0) is 14.8. The number of carbonyl (C=O) groups is 1. The lowest BCUT2D eigenvalue weighted by Gasteiger charge is -2.23. The highest BCUT2D eigenvalue weighted by Gasteiger charge is 2.20. The second-order valence-corrected chi connectivity index (χ2v) is 6.04. The van der Waals surface area contributed by atoms with Crippen LogP contribution >= 0.6 is 0 Å². The zero-order valence-electron chi connectivity index (χ0n) is 12.6. The summed E-state index contributed by atoms with van der Waals surface area (Å²) in [6.07, 6.45) is 0. The summed E-state index contributed by atoms with van der Waals surface area (Å²) in [4.78, 5) is 11.8. The van der Waals surface area contributed by atoms with Crippen LogP contribution in [0.5, 0.6) is 5.75 Å². The lowest BCUT2D eigenvalue weighted by atomic mass is 9.86. The van der Waals surface area contributed by atoms with Crippen LogP contribution in [0.25, 0.3) is 0 Å². The van der Waals surface area contributed by atoms with Gasteiger partial charge in [-0.05, 0) is 23.1 Å². The van der Waals surface area contributed by atoms with Crippen LogP contribution in [0.4, 0.5) is 11.4 Å². The van der Waals surface area contributed by atoms with Gasteiger partial charge in [0.15, 0.2) is 5.75 Å². The summed E-state index contributed by atoms with van der Waals surface area (Å²) in [6.45, 7) is 9.99. The third kappa shape index (κ3) is 3.63. The average molecular weight is 264 g/mol. The van der Waals surface area contributed by atoms with E-state index in [9.17, 15) is 4.79 Å². The van der Waals surface area contributed by atoms with Crippen molar-refractivity contribution in [2.24, 2.45) is 5.92 Å². The molecule has 1 aromatic carbocycles. The van der Waals surface area contributed by atoms with Crippen LogP contribution in [0.15, 0.2) is 12.1 Å². The summed E-state index contributed by atoms with van der Waals surface area (Å²) >= 11 is 0. The number of carbonyl (C=O) groups excluding carboxylic acids is 1. The Morgan fingerprint density at radius 3 is 2.32 bits per heavy atom. The van der Waals surface area contributed by atoms with E-state index < -0.39 is 0 Å². The highest BCUT2D eigenvalue weighted by molar-refractivity contribution is 5.95. The van der Waals surface area contributed by atoms with Crippen molar-refractivity contribution < 1.29 is 9.53 Å². The average Bonchev–Trinajstić information content (AvgIpc) is 2.27. The Bertz CT molecular complexity index is 474. The van der Waals surface area contributed by atoms with Gasteiger partial charge >= 0.3 is 0 Å². The van der Waals surface area contributed by atoms with Gasteiger partial charge in [-0.3, -0.25) is 4.79 Å². The second-order valence-electron chi connectivity index (χ2n) is 6.04. The minimum atomic E-state index is -0.0933. The molecule has 0 aliphatic carbocycles. The van der Waals surface area contributed by atoms with Gasteiger partial charge in [-0.1, -0.05) is 34.6 Å². The first kappa shape index (κ1) is 15.3. The molecule has 0 radical (unpaired) electrons. The Morgan fingerprint density at radius 1 is 1.32 bits per heavy atom. The molecule has 0 aromatic heterocycles. The molecule has 0 spiro atoms. The maximum atomic E-state index is 11.8. The van der Waals surface area contributed by atoms with Crippen LogP contribution in [0.3, 0.4) is 0 Å². The van der Waals surface area contributed by atoms with E-state index in [1.807, 2.05) is 26.0 Å². The van der Waals surface area contributed by atoms with Crippen molar-refractivity contribution >= 4 is 17.3 Å². The number of hydrogen-bond acceptors (Lipinski definition) is 3. The number of anilines is 2. The molecular formula is C15H24N2O2. The predicted molar refractivity (Wildman–Crippen MR) is 79.6 cm³/mol. The van der Waals surface area contributed by atoms with Crippen LogP contribution in [0.1, 0.15) is 40.2 Å². The molecule has 1 amide bonds. The molecule has 19 heavy (non-hydrogen) atoms. The molecule has 0 bridgehead atoms. The van der Waals surface area contributed by atoms with E-state index in [1.54, 1.807) is 7.11 Å². The SMILES string of the molecule is COc1c(N)cc(C(C)(C)C)cc1NC(=O)C(C)C. The fourth-order valence-electron chi connectivity index (χ4n) is 1.68. The minimum Gasteiger partial charge on any atom is -0.492 e. The summed E-state index contributed by atoms with van der Waals surface area (Å²) in [5.41, 5.74) is 8.19. The largest absolute Gasteiger partial charge is 0.492 e. The van der Waals surface area contributed by atoms with Crippen molar-refractivity contribution in [1.29, 1.82) is 0 Å². The van der Waals surface area contributed by atoms with Gasteiger partial charge in [0.1, 0.15) is 0 Å². The van der Waals surface area contributed by atoms with Crippen LogP contribution < -0.4 is 15.8 Å². The zero-order valence-corrected chi connectivity index (χ0v) is 12.6. The molecule has 4 nitrogen and oxygen atoms in total. The first-order valence-electron chi connectivity index (χ1n) is 6.45. The molecule has 0 unspecified atom stereocenters. The standard InChI is InChI=1S/C15H24N2O2/c1-9(2)14(18)17-12-8-10(15(3,4)5)7-11(16)13(12)19-6/h7-9H,16H2,1-6H3,(H,17,18). The third-order valence-corrected chi connectivity index (χ3v) is 2.97. The molecule has 0 atom stereocenters. The summed E-state index contributed by atoms with van der Waals surface area (Å²) in [5.74, 6) is 0.370. The topological polar surface area (TPSA) is 64.3 Å². The Labute approximate surface area is 115 Å². The van der Waals surface area contributed by atoms with Gasteiger partial charge in [0.25, 0.3) is 0 Å². The summed E-state index contributed by atoms with van der Waals surface area (Å²) in [6, 6.07) is 3.82. The summed E-state index contributed by atoms with van der Waals surface area (Å²) < 4.78 is 5.28. The quantitative estimate of drug-likeness (QED) is 0.824. The number of hydrogen-bond donors (Lipinski definition) is 2. The number of amides is 1. The van der Waals surface area contributed by atoms with E-state index in [4.69, 9.17) is 10.5 Å². The van der Waals surface area contributed by atoms with Gasteiger partial charge in [-0.2, -0.15) is 0 Å². The lowest BCUT2D eigenvalue weighted by Crippen LogP contribution is -2.20. The molecule has 4 heteroatoms. The molecule has 0 saturated heterocycles. The first-order valence-corrected chi connectivity index (χ1v) is 6.45. The molecule has 0 heterocycles. The normalized spacial score (nSPS) is 11.5. The first-order chi connectivity index (χ1) is 8.66. The molecule has 0 saturated carbocycles. The van der Waals surface area contributed by atoms with E-state index in [0.29, 0.717) is 17.1 Å². The van der Waals surface area contributed by atoms with Crippen LogP contribution in [0.2, 0.25) is 0 Å². The monoisotopic (exact) mass is 264 g/mol. The van der Waals surface area contributed by atoms with E-state index in [-0.39, 0.29) is 17.2 Å². The Hall–Kier alpha value is -1.71. The van der Waals surface area contributed by atoms with Crippen molar-refractivity contribution in [1.82, 2.24) is 0 Å². The fourth-order valence-corrected chi connectivity index (χ4v) is 1.68. The van der Waals surface area contributed by atoms with E-state index in [1.165, 1.54) is 0 Å². The van der Waals surface area contributed by atoms with Gasteiger partial charge in [-0.25, -0.2) is 0 Å². The van der Waals surface area contributed by atoms with Crippen molar-refractivity contribution in [2.45, 2.75) is 40.0 Å². The molecule has 0 aliphatic heterocycles. The van der Waals surface area contributed by atoms with Crippen molar-refractivity contribution in [3.63, 3.8) is 0 Å². The van der Waals surface area contributed by atoms with E-state index in [0.717, 1.165) is 5.56 Å². The number of rotatable bonds is 3. The molecule has 0 aliphatic rings. The second kappa shape index (κ2) is 5.51. The number of nitrogen functional groups attached to an aromatic ring is 1. The van der Waals surface area contributed by atoms with Gasteiger partial charge in [0.05, 0.1) is 18.5 Å². The van der Waals surface area contributed by atoms with E-state index in [2.05, 4.69) is 26.1 Å². The maximum absolute atomic E-state index is 11.8. The van der Waals surface area contributed by atoms with Crippen LogP contribution in [-0.4, -0.2) is 13.0 Å². The predicted octanol–water partition coefficient (Wildman–Crippen LogP) is 3.17. The number of nitrogens with one attached hydrogen (secondary N) is 1. The maximum Gasteiger partial charge on any atom is 0.227 e. The van der Waals surface area contributed by atoms with Crippen molar-refractivity contribution in [3.05, 3.63) is 17.7 Å². The van der Waals surface area contributed by atoms with Gasteiger partial charge < -0.3 is 15.8 Å². The van der Waals surface area contributed by atoms with Crippen LogP contribution in [-0.2, 0) is 10.2 Å². The number of methoxy groups -OCH3 is 1. The fraction of sp³-hybridized carbons (Fsp3) is 0.533. The Balaban J connectivity index is 3.27. The number of nitrogens with two attached hydrogens (primary N) is 1. The van der Waals surface area contributed by atoms with E-state index >= 15 is 0 Å². The Morgan fingerprint density at radius 2 is 1.89 bits per heavy atom. The molecule has 3 N–H and O–H groups in total. The number of benzene rings is 1. The third-order valence-electron chi connectivity index (χ3n) is 2.97. The number of ether oxygens (including phenoxy) is 1. The minimum absolute atomic E-state index is 0.0439. The van der Waals surface area contributed by atoms with Gasteiger partial charge in [0, 0.05) is 5.92 Å². The summed E-state index contributed by atoms with van der Waals surface area (Å²) in [5, 5.41) is 2.87. The molecule has 106 valence electrons. The molecular weight excluding hydrogens is 240 g/mol. The van der Waals surface area contributed by atoms with Gasteiger partial charge in [0.2, 0.25) is 5.91 Å². The lowest BCUT2D eigenvalue weighted by molar-refractivity contribution is -0.118.